The molecule has 2 N–H and O–H groups in total. The third-order valence-corrected chi connectivity index (χ3v) is 2.88. The Bertz CT molecular complexity index is 551. The van der Waals surface area contributed by atoms with Gasteiger partial charge in [-0.25, -0.2) is 0 Å². The van der Waals surface area contributed by atoms with E-state index in [2.05, 4.69) is 10.6 Å². The molecule has 2 aromatic carbocycles. The van der Waals surface area contributed by atoms with E-state index in [1.54, 1.807) is 0 Å². The number of fused-ring (bicyclic) bond motifs is 1. The van der Waals surface area contributed by atoms with Crippen LogP contribution in [0.4, 0.5) is 5.69 Å². The molecule has 84 valence electrons. The number of carbonyl (C=O) groups excluding carboxylic acids is 1. The van der Waals surface area contributed by atoms with Crippen LogP contribution in [-0.2, 0) is 0 Å². The minimum atomic E-state index is -0.138. The molecule has 1 aliphatic heterocycles. The van der Waals surface area contributed by atoms with Gasteiger partial charge in [0.25, 0.3) is 5.91 Å². The zero-order chi connectivity index (χ0) is 11.7. The van der Waals surface area contributed by atoms with Crippen molar-refractivity contribution >= 4 is 11.6 Å². The van der Waals surface area contributed by atoms with Gasteiger partial charge in [0.1, 0.15) is 6.17 Å². The van der Waals surface area contributed by atoms with Crippen LogP contribution in [0, 0.1) is 0 Å². The molecule has 1 amide bonds. The molecule has 1 atom stereocenters. The van der Waals surface area contributed by atoms with Crippen molar-refractivity contribution in [2.24, 2.45) is 0 Å². The highest BCUT2D eigenvalue weighted by molar-refractivity contribution is 5.99. The summed E-state index contributed by atoms with van der Waals surface area (Å²) in [6, 6.07) is 17.5. The largest absolute Gasteiger partial charge is 0.362 e. The fourth-order valence-electron chi connectivity index (χ4n) is 2.06. The topological polar surface area (TPSA) is 41.1 Å². The number of hydrogen-bond donors (Lipinski definition) is 2. The monoisotopic (exact) mass is 224 g/mol. The summed E-state index contributed by atoms with van der Waals surface area (Å²) in [6.45, 7) is 0. The maximum Gasteiger partial charge on any atom is 0.253 e. The minimum Gasteiger partial charge on any atom is -0.362 e. The van der Waals surface area contributed by atoms with Crippen LogP contribution >= 0.6 is 0 Å². The summed E-state index contributed by atoms with van der Waals surface area (Å²) in [4.78, 5) is 11.7. The van der Waals surface area contributed by atoms with Crippen molar-refractivity contribution in [3.63, 3.8) is 0 Å². The Morgan fingerprint density at radius 1 is 0.941 bits per heavy atom. The molecule has 3 rings (SSSR count). The zero-order valence-corrected chi connectivity index (χ0v) is 9.18. The first-order valence-corrected chi connectivity index (χ1v) is 5.56. The van der Waals surface area contributed by atoms with Gasteiger partial charge < -0.3 is 10.6 Å². The van der Waals surface area contributed by atoms with Crippen molar-refractivity contribution in [3.05, 3.63) is 65.7 Å². The third-order valence-electron chi connectivity index (χ3n) is 2.88. The molecule has 0 fully saturated rings. The van der Waals surface area contributed by atoms with E-state index >= 15 is 0 Å². The van der Waals surface area contributed by atoms with Gasteiger partial charge in [0, 0.05) is 16.8 Å². The summed E-state index contributed by atoms with van der Waals surface area (Å²) in [5, 5.41) is 6.21. The van der Waals surface area contributed by atoms with E-state index in [0.717, 1.165) is 16.8 Å². The first kappa shape index (κ1) is 9.90. The summed E-state index contributed by atoms with van der Waals surface area (Å²) in [5.74, 6) is -0.0194. The Labute approximate surface area is 99.5 Å². The second-order valence-corrected chi connectivity index (χ2v) is 4.00. The van der Waals surface area contributed by atoms with E-state index in [9.17, 15) is 4.79 Å². The second kappa shape index (κ2) is 3.94. The maximum absolute atomic E-state index is 11.7. The predicted octanol–water partition coefficient (Wildman–Crippen LogP) is 2.54. The molecule has 0 aromatic heterocycles. The SMILES string of the molecule is O=C1NC(Nc2ccccc2)c2ccccc21. The molecule has 1 aliphatic rings. The van der Waals surface area contributed by atoms with E-state index in [4.69, 9.17) is 0 Å². The van der Waals surface area contributed by atoms with Crippen molar-refractivity contribution in [3.8, 4) is 0 Å². The lowest BCUT2D eigenvalue weighted by Crippen LogP contribution is -2.25. The Morgan fingerprint density at radius 3 is 2.47 bits per heavy atom. The highest BCUT2D eigenvalue weighted by Crippen LogP contribution is 2.26. The molecule has 0 saturated heterocycles. The fraction of sp³-hybridized carbons (Fsp3) is 0.0714. The molecule has 0 radical (unpaired) electrons. The summed E-state index contributed by atoms with van der Waals surface area (Å²) in [5.41, 5.74) is 2.75. The molecular formula is C14H12N2O. The van der Waals surface area contributed by atoms with Gasteiger partial charge in [-0.05, 0) is 18.2 Å². The maximum atomic E-state index is 11.7. The Hall–Kier alpha value is -2.29. The number of para-hydroxylation sites is 1. The van der Waals surface area contributed by atoms with Crippen LogP contribution in [0.25, 0.3) is 0 Å². The van der Waals surface area contributed by atoms with Gasteiger partial charge in [0.15, 0.2) is 0 Å². The van der Waals surface area contributed by atoms with Crippen molar-refractivity contribution in [2.45, 2.75) is 6.17 Å². The lowest BCUT2D eigenvalue weighted by molar-refractivity contribution is 0.0959. The molecule has 0 saturated carbocycles. The molecule has 1 unspecified atom stereocenters. The smallest absolute Gasteiger partial charge is 0.253 e. The molecule has 1 heterocycles. The van der Waals surface area contributed by atoms with Crippen molar-refractivity contribution in [1.82, 2.24) is 5.32 Å². The second-order valence-electron chi connectivity index (χ2n) is 4.00. The van der Waals surface area contributed by atoms with Gasteiger partial charge >= 0.3 is 0 Å². The normalized spacial score (nSPS) is 17.4. The predicted molar refractivity (Wildman–Crippen MR) is 66.7 cm³/mol. The molecule has 2 aromatic rings. The minimum absolute atomic E-state index is 0.0194. The summed E-state index contributed by atoms with van der Waals surface area (Å²) < 4.78 is 0. The van der Waals surface area contributed by atoms with E-state index in [-0.39, 0.29) is 12.1 Å². The van der Waals surface area contributed by atoms with Crippen LogP contribution in [0.1, 0.15) is 22.1 Å². The van der Waals surface area contributed by atoms with Gasteiger partial charge in [-0.3, -0.25) is 4.79 Å². The molecule has 0 bridgehead atoms. The van der Waals surface area contributed by atoms with Gasteiger partial charge in [0.2, 0.25) is 0 Å². The van der Waals surface area contributed by atoms with Gasteiger partial charge in [-0.2, -0.15) is 0 Å². The highest BCUT2D eigenvalue weighted by atomic mass is 16.2. The standard InChI is InChI=1S/C14H12N2O/c17-14-12-9-5-4-8-11(12)13(16-14)15-10-6-2-1-3-7-10/h1-9,13,15H,(H,16,17). The average Bonchev–Trinajstić information content (AvgIpc) is 2.69. The van der Waals surface area contributed by atoms with Gasteiger partial charge in [0.05, 0.1) is 0 Å². The molecular weight excluding hydrogens is 212 g/mol. The van der Waals surface area contributed by atoms with Crippen molar-refractivity contribution in [2.75, 3.05) is 5.32 Å². The van der Waals surface area contributed by atoms with E-state index < -0.39 is 0 Å². The van der Waals surface area contributed by atoms with E-state index in [1.807, 2.05) is 54.6 Å². The lowest BCUT2D eigenvalue weighted by atomic mass is 10.1. The van der Waals surface area contributed by atoms with Crippen LogP contribution in [0.15, 0.2) is 54.6 Å². The number of hydrogen-bond acceptors (Lipinski definition) is 2. The fourth-order valence-corrected chi connectivity index (χ4v) is 2.06. The van der Waals surface area contributed by atoms with Crippen LogP contribution < -0.4 is 10.6 Å². The van der Waals surface area contributed by atoms with Crippen LogP contribution in [-0.4, -0.2) is 5.91 Å². The number of rotatable bonds is 2. The third kappa shape index (κ3) is 1.76. The van der Waals surface area contributed by atoms with Gasteiger partial charge in [-0.1, -0.05) is 36.4 Å². The van der Waals surface area contributed by atoms with E-state index in [0.29, 0.717) is 0 Å². The molecule has 0 aliphatic carbocycles. The van der Waals surface area contributed by atoms with Crippen LogP contribution in [0.2, 0.25) is 0 Å². The molecule has 0 spiro atoms. The Kier molecular flexibility index (Phi) is 2.29. The van der Waals surface area contributed by atoms with Gasteiger partial charge in [-0.15, -0.1) is 0 Å². The number of benzene rings is 2. The lowest BCUT2D eigenvalue weighted by Gasteiger charge is -2.15. The van der Waals surface area contributed by atoms with Crippen LogP contribution in [0.3, 0.4) is 0 Å². The summed E-state index contributed by atoms with van der Waals surface area (Å²) in [7, 11) is 0. The highest BCUT2D eigenvalue weighted by Gasteiger charge is 2.27. The quantitative estimate of drug-likeness (QED) is 0.823. The average molecular weight is 224 g/mol. The zero-order valence-electron chi connectivity index (χ0n) is 9.18. The first-order valence-electron chi connectivity index (χ1n) is 5.56. The van der Waals surface area contributed by atoms with Crippen molar-refractivity contribution < 1.29 is 4.79 Å². The van der Waals surface area contributed by atoms with Crippen LogP contribution in [0.5, 0.6) is 0 Å². The molecule has 17 heavy (non-hydrogen) atoms. The van der Waals surface area contributed by atoms with E-state index in [1.165, 1.54) is 0 Å². The Balaban J connectivity index is 1.90. The number of carbonyl (C=O) groups is 1. The Morgan fingerprint density at radius 2 is 1.65 bits per heavy atom. The molecule has 3 nitrogen and oxygen atoms in total. The summed E-state index contributed by atoms with van der Waals surface area (Å²) >= 11 is 0. The molecule has 3 heteroatoms. The van der Waals surface area contributed by atoms with Crippen molar-refractivity contribution in [1.29, 1.82) is 0 Å². The first-order chi connectivity index (χ1) is 8.34. The number of amides is 1. The number of nitrogens with one attached hydrogen (secondary N) is 2. The summed E-state index contributed by atoms with van der Waals surface area (Å²) in [6.07, 6.45) is -0.138. The number of anilines is 1.